The molecule has 0 saturated heterocycles. The van der Waals surface area contributed by atoms with E-state index in [1.165, 1.54) is 6.92 Å². The van der Waals surface area contributed by atoms with Gasteiger partial charge in [-0.1, -0.05) is 30.3 Å². The number of amides is 1. The van der Waals surface area contributed by atoms with Crippen LogP contribution in [0.2, 0.25) is 0 Å². The van der Waals surface area contributed by atoms with Crippen LogP contribution in [0, 0.1) is 0 Å². The minimum absolute atomic E-state index is 0.158. The van der Waals surface area contributed by atoms with Gasteiger partial charge in [-0.2, -0.15) is 0 Å². The van der Waals surface area contributed by atoms with Crippen molar-refractivity contribution in [2.24, 2.45) is 5.73 Å². The van der Waals surface area contributed by atoms with Crippen LogP contribution in [0.3, 0.4) is 0 Å². The minimum atomic E-state index is -0.637. The van der Waals surface area contributed by atoms with Crippen molar-refractivity contribution < 1.29 is 9.59 Å². The Hall–Kier alpha value is -2.34. The van der Waals surface area contributed by atoms with Crippen LogP contribution in [0.1, 0.15) is 32.5 Å². The summed E-state index contributed by atoms with van der Waals surface area (Å²) >= 11 is 1.16. The molecule has 0 aliphatic carbocycles. The van der Waals surface area contributed by atoms with E-state index in [1.807, 2.05) is 30.3 Å². The van der Waals surface area contributed by atoms with Gasteiger partial charge in [0.05, 0.1) is 16.1 Å². The van der Waals surface area contributed by atoms with Crippen LogP contribution in [0.5, 0.6) is 0 Å². The molecule has 0 bridgehead atoms. The summed E-state index contributed by atoms with van der Waals surface area (Å²) < 4.78 is 0. The molecule has 1 aromatic heterocycles. The Bertz CT molecular complexity index is 650. The molecule has 0 radical (unpaired) electrons. The number of thiophene rings is 1. The number of primary amides is 1. The zero-order chi connectivity index (χ0) is 14.7. The van der Waals surface area contributed by atoms with Crippen LogP contribution in [0.25, 0.3) is 0 Å². The maximum Gasteiger partial charge on any atom is 0.253 e. The molecule has 6 heteroatoms. The number of Topliss-reactive ketones (excluding diaryl/α,β-unsaturated/α-hetero) is 1. The van der Waals surface area contributed by atoms with Gasteiger partial charge in [0.15, 0.2) is 5.78 Å². The monoisotopic (exact) mass is 289 g/mol. The first kappa shape index (κ1) is 14.1. The van der Waals surface area contributed by atoms with Gasteiger partial charge >= 0.3 is 0 Å². The Balaban J connectivity index is 2.29. The topological polar surface area (TPSA) is 98.2 Å². The van der Waals surface area contributed by atoms with E-state index in [1.54, 1.807) is 0 Å². The summed E-state index contributed by atoms with van der Waals surface area (Å²) in [5, 5.41) is 3.64. The normalized spacial score (nSPS) is 10.2. The Morgan fingerprint density at radius 2 is 1.90 bits per heavy atom. The predicted octanol–water partition coefficient (Wildman–Crippen LogP) is 2.24. The van der Waals surface area contributed by atoms with Crippen molar-refractivity contribution in [1.29, 1.82) is 0 Å². The molecular formula is C14H15N3O2S. The summed E-state index contributed by atoms with van der Waals surface area (Å²) in [4.78, 5) is 23.3. The van der Waals surface area contributed by atoms with Crippen LogP contribution in [-0.4, -0.2) is 11.7 Å². The second-order valence-corrected chi connectivity index (χ2v) is 5.33. The van der Waals surface area contributed by atoms with Gasteiger partial charge in [-0.25, -0.2) is 0 Å². The Kier molecular flexibility index (Phi) is 4.05. The maximum absolute atomic E-state index is 11.5. The molecule has 1 heterocycles. The van der Waals surface area contributed by atoms with Crippen molar-refractivity contribution in [2.45, 2.75) is 13.5 Å². The standard InChI is InChI=1S/C14H15N3O2S/c1-8(18)12-11(15)10(13(16)19)14(20-12)17-7-9-5-3-2-4-6-9/h2-6,17H,7,15H2,1H3,(H2,16,19). The molecule has 0 fully saturated rings. The van der Waals surface area contributed by atoms with Gasteiger partial charge in [-0.3, -0.25) is 9.59 Å². The van der Waals surface area contributed by atoms with Crippen LogP contribution < -0.4 is 16.8 Å². The van der Waals surface area contributed by atoms with Crippen LogP contribution in [0.15, 0.2) is 30.3 Å². The second-order valence-electron chi connectivity index (χ2n) is 4.31. The minimum Gasteiger partial charge on any atom is -0.397 e. The quantitative estimate of drug-likeness (QED) is 0.735. The highest BCUT2D eigenvalue weighted by molar-refractivity contribution is 7.19. The molecule has 1 amide bonds. The zero-order valence-corrected chi connectivity index (χ0v) is 11.8. The van der Waals surface area contributed by atoms with Gasteiger partial charge in [-0.15, -0.1) is 11.3 Å². The molecule has 20 heavy (non-hydrogen) atoms. The van der Waals surface area contributed by atoms with Crippen LogP contribution >= 0.6 is 11.3 Å². The summed E-state index contributed by atoms with van der Waals surface area (Å²) in [5.41, 5.74) is 12.6. The van der Waals surface area contributed by atoms with E-state index in [9.17, 15) is 9.59 Å². The number of anilines is 2. The molecule has 5 nitrogen and oxygen atoms in total. The van der Waals surface area contributed by atoms with Crippen molar-refractivity contribution >= 4 is 33.7 Å². The van der Waals surface area contributed by atoms with Gasteiger partial charge in [0, 0.05) is 13.5 Å². The molecule has 0 saturated carbocycles. The molecule has 5 N–H and O–H groups in total. The number of benzene rings is 1. The van der Waals surface area contributed by atoms with E-state index in [0.29, 0.717) is 16.4 Å². The third kappa shape index (κ3) is 2.80. The van der Waals surface area contributed by atoms with Gasteiger partial charge in [-0.05, 0) is 5.56 Å². The number of nitrogens with two attached hydrogens (primary N) is 2. The van der Waals surface area contributed by atoms with E-state index >= 15 is 0 Å². The largest absolute Gasteiger partial charge is 0.397 e. The lowest BCUT2D eigenvalue weighted by Gasteiger charge is -2.05. The van der Waals surface area contributed by atoms with E-state index in [4.69, 9.17) is 11.5 Å². The third-order valence-electron chi connectivity index (χ3n) is 2.81. The number of nitrogens with one attached hydrogen (secondary N) is 1. The number of carbonyl (C=O) groups excluding carboxylic acids is 2. The molecule has 0 atom stereocenters. The molecule has 0 spiro atoms. The number of hydrogen-bond acceptors (Lipinski definition) is 5. The lowest BCUT2D eigenvalue weighted by molar-refractivity contribution is 0.100. The van der Waals surface area contributed by atoms with Crippen molar-refractivity contribution in [3.05, 3.63) is 46.3 Å². The number of rotatable bonds is 5. The average molecular weight is 289 g/mol. The van der Waals surface area contributed by atoms with Crippen molar-refractivity contribution in [3.8, 4) is 0 Å². The SMILES string of the molecule is CC(=O)c1sc(NCc2ccccc2)c(C(N)=O)c1N. The fourth-order valence-electron chi connectivity index (χ4n) is 1.85. The highest BCUT2D eigenvalue weighted by Gasteiger charge is 2.22. The second kappa shape index (κ2) is 5.75. The first-order valence-electron chi connectivity index (χ1n) is 6.01. The highest BCUT2D eigenvalue weighted by Crippen LogP contribution is 2.35. The first-order chi connectivity index (χ1) is 9.50. The molecule has 104 valence electrons. The summed E-state index contributed by atoms with van der Waals surface area (Å²) in [6.07, 6.45) is 0. The number of carbonyl (C=O) groups is 2. The summed E-state index contributed by atoms with van der Waals surface area (Å²) in [6.45, 7) is 1.94. The molecule has 0 unspecified atom stereocenters. The smallest absolute Gasteiger partial charge is 0.253 e. The van der Waals surface area contributed by atoms with Crippen molar-refractivity contribution in [2.75, 3.05) is 11.1 Å². The Morgan fingerprint density at radius 1 is 1.25 bits per heavy atom. The Morgan fingerprint density at radius 3 is 2.45 bits per heavy atom. The van der Waals surface area contributed by atoms with E-state index in [0.717, 1.165) is 16.9 Å². The lowest BCUT2D eigenvalue weighted by Crippen LogP contribution is -2.15. The zero-order valence-electron chi connectivity index (χ0n) is 11.0. The first-order valence-corrected chi connectivity index (χ1v) is 6.83. The number of ketones is 1. The molecule has 1 aromatic carbocycles. The molecule has 0 aliphatic heterocycles. The van der Waals surface area contributed by atoms with E-state index in [2.05, 4.69) is 5.32 Å². The van der Waals surface area contributed by atoms with Gasteiger partial charge in [0.25, 0.3) is 5.91 Å². The number of nitrogen functional groups attached to an aromatic ring is 1. The predicted molar refractivity (Wildman–Crippen MR) is 81.0 cm³/mol. The summed E-state index contributed by atoms with van der Waals surface area (Å²) in [6, 6.07) is 9.69. The fourth-order valence-corrected chi connectivity index (χ4v) is 2.87. The van der Waals surface area contributed by atoms with E-state index in [-0.39, 0.29) is 17.0 Å². The fraction of sp³-hybridized carbons (Fsp3) is 0.143. The highest BCUT2D eigenvalue weighted by atomic mass is 32.1. The summed E-state index contributed by atoms with van der Waals surface area (Å²) in [5.74, 6) is -0.815. The molecular weight excluding hydrogens is 274 g/mol. The molecule has 2 aromatic rings. The molecule has 2 rings (SSSR count). The molecule has 0 aliphatic rings. The summed E-state index contributed by atoms with van der Waals surface area (Å²) in [7, 11) is 0. The average Bonchev–Trinajstić information content (AvgIpc) is 2.75. The maximum atomic E-state index is 11.5. The lowest BCUT2D eigenvalue weighted by atomic mass is 10.2. The van der Waals surface area contributed by atoms with Crippen molar-refractivity contribution in [1.82, 2.24) is 0 Å². The Labute approximate surface area is 120 Å². The van der Waals surface area contributed by atoms with Crippen LogP contribution in [-0.2, 0) is 6.54 Å². The van der Waals surface area contributed by atoms with Gasteiger partial charge < -0.3 is 16.8 Å². The number of hydrogen-bond donors (Lipinski definition) is 3. The van der Waals surface area contributed by atoms with Gasteiger partial charge in [0.2, 0.25) is 0 Å². The van der Waals surface area contributed by atoms with E-state index < -0.39 is 5.91 Å². The van der Waals surface area contributed by atoms with Gasteiger partial charge in [0.1, 0.15) is 5.00 Å². The van der Waals surface area contributed by atoms with Crippen molar-refractivity contribution in [3.63, 3.8) is 0 Å². The third-order valence-corrected chi connectivity index (χ3v) is 4.07. The van der Waals surface area contributed by atoms with Crippen LogP contribution in [0.4, 0.5) is 10.7 Å².